The van der Waals surface area contributed by atoms with Gasteiger partial charge in [0.05, 0.1) is 5.75 Å². The first-order valence-electron chi connectivity index (χ1n) is 6.98. The van der Waals surface area contributed by atoms with E-state index in [9.17, 15) is 14.0 Å². The molecule has 120 valence electrons. The molecule has 1 atom stereocenters. The van der Waals surface area contributed by atoms with E-state index >= 15 is 0 Å². The van der Waals surface area contributed by atoms with Crippen LogP contribution in [-0.2, 0) is 9.59 Å². The third-order valence-corrected chi connectivity index (χ3v) is 4.01. The second-order valence-corrected chi connectivity index (χ2v) is 6.07. The molecule has 4 nitrogen and oxygen atoms in total. The number of hydrogen-bond acceptors (Lipinski definition) is 4. The molecule has 0 heterocycles. The summed E-state index contributed by atoms with van der Waals surface area (Å²) in [7, 11) is 0. The van der Waals surface area contributed by atoms with Gasteiger partial charge in [-0.3, -0.25) is 9.59 Å². The van der Waals surface area contributed by atoms with Crippen molar-refractivity contribution in [1.82, 2.24) is 0 Å². The third-order valence-electron chi connectivity index (χ3n) is 2.89. The second-order valence-electron chi connectivity index (χ2n) is 4.74. The molecule has 0 radical (unpaired) electrons. The fourth-order valence-corrected chi connectivity index (χ4v) is 2.34. The summed E-state index contributed by atoms with van der Waals surface area (Å²) in [6.07, 6.45) is 0. The minimum Gasteiger partial charge on any atom is -0.426 e. The Morgan fingerprint density at radius 2 is 1.78 bits per heavy atom. The third kappa shape index (κ3) is 5.75. The topological polar surface area (TPSA) is 55.4 Å². The summed E-state index contributed by atoms with van der Waals surface area (Å²) in [4.78, 5) is 23.7. The SMILES string of the molecule is C[C@@H](SCC(=O)Nc1ccc(F)cc1)C(=O)Oc1ccccc1. The van der Waals surface area contributed by atoms with Gasteiger partial charge in [0.2, 0.25) is 5.91 Å². The maximum Gasteiger partial charge on any atom is 0.324 e. The van der Waals surface area contributed by atoms with Crippen molar-refractivity contribution in [3.8, 4) is 5.75 Å². The van der Waals surface area contributed by atoms with Crippen LogP contribution in [0.5, 0.6) is 5.75 Å². The Morgan fingerprint density at radius 3 is 2.43 bits per heavy atom. The molecule has 23 heavy (non-hydrogen) atoms. The van der Waals surface area contributed by atoms with Gasteiger partial charge in [0.1, 0.15) is 16.8 Å². The maximum atomic E-state index is 12.8. The number of ether oxygens (including phenoxy) is 1. The summed E-state index contributed by atoms with van der Waals surface area (Å²) in [5.74, 6) is -0.463. The molecular weight excluding hydrogens is 317 g/mol. The Hall–Kier alpha value is -2.34. The molecule has 2 aromatic rings. The zero-order valence-corrected chi connectivity index (χ0v) is 13.3. The number of nitrogens with one attached hydrogen (secondary N) is 1. The van der Waals surface area contributed by atoms with Crippen molar-refractivity contribution in [1.29, 1.82) is 0 Å². The van der Waals surface area contributed by atoms with E-state index < -0.39 is 11.2 Å². The van der Waals surface area contributed by atoms with E-state index in [-0.39, 0.29) is 17.5 Å². The quantitative estimate of drug-likeness (QED) is 0.649. The lowest BCUT2D eigenvalue weighted by Gasteiger charge is -2.11. The van der Waals surface area contributed by atoms with Crippen molar-refractivity contribution in [2.75, 3.05) is 11.1 Å². The van der Waals surface area contributed by atoms with E-state index in [2.05, 4.69) is 5.32 Å². The Morgan fingerprint density at radius 1 is 1.13 bits per heavy atom. The van der Waals surface area contributed by atoms with Crippen LogP contribution >= 0.6 is 11.8 Å². The van der Waals surface area contributed by atoms with Crippen LogP contribution in [0.1, 0.15) is 6.92 Å². The number of halogens is 1. The highest BCUT2D eigenvalue weighted by atomic mass is 32.2. The van der Waals surface area contributed by atoms with Crippen molar-refractivity contribution in [3.05, 3.63) is 60.4 Å². The predicted molar refractivity (Wildman–Crippen MR) is 89.0 cm³/mol. The molecule has 1 amide bonds. The summed E-state index contributed by atoms with van der Waals surface area (Å²) < 4.78 is 18.0. The van der Waals surface area contributed by atoms with Crippen LogP contribution in [-0.4, -0.2) is 22.9 Å². The number of carbonyl (C=O) groups excluding carboxylic acids is 2. The average Bonchev–Trinajstić information content (AvgIpc) is 2.55. The number of benzene rings is 2. The number of hydrogen-bond donors (Lipinski definition) is 1. The van der Waals surface area contributed by atoms with Crippen molar-refractivity contribution in [3.63, 3.8) is 0 Å². The number of amides is 1. The molecule has 0 saturated heterocycles. The molecule has 0 spiro atoms. The van der Waals surface area contributed by atoms with Gasteiger partial charge >= 0.3 is 5.97 Å². The number of esters is 1. The lowest BCUT2D eigenvalue weighted by atomic mass is 10.3. The first-order chi connectivity index (χ1) is 11.0. The molecule has 0 bridgehead atoms. The summed E-state index contributed by atoms with van der Waals surface area (Å²) in [5, 5.41) is 2.16. The van der Waals surface area contributed by atoms with Crippen LogP contribution in [0.3, 0.4) is 0 Å². The minimum absolute atomic E-state index is 0.0996. The van der Waals surface area contributed by atoms with E-state index in [1.165, 1.54) is 36.0 Å². The smallest absolute Gasteiger partial charge is 0.324 e. The first kappa shape index (κ1) is 17.0. The van der Waals surface area contributed by atoms with Crippen LogP contribution in [0.4, 0.5) is 10.1 Å². The van der Waals surface area contributed by atoms with E-state index in [0.29, 0.717) is 11.4 Å². The van der Waals surface area contributed by atoms with E-state index in [0.717, 1.165) is 0 Å². The van der Waals surface area contributed by atoms with Gasteiger partial charge in [-0.15, -0.1) is 11.8 Å². The zero-order chi connectivity index (χ0) is 16.7. The minimum atomic E-state index is -0.478. The van der Waals surface area contributed by atoms with Crippen molar-refractivity contribution >= 4 is 29.3 Å². The highest BCUT2D eigenvalue weighted by Crippen LogP contribution is 2.16. The molecule has 6 heteroatoms. The van der Waals surface area contributed by atoms with Gasteiger partial charge in [-0.1, -0.05) is 18.2 Å². The standard InChI is InChI=1S/C17H16FNO3S/c1-12(17(21)22-15-5-3-2-4-6-15)23-11-16(20)19-14-9-7-13(18)8-10-14/h2-10,12H,11H2,1H3,(H,19,20)/t12-/m1/s1. The number of para-hydroxylation sites is 1. The molecule has 2 aromatic carbocycles. The molecule has 2 rings (SSSR count). The molecule has 0 aliphatic carbocycles. The molecule has 0 aliphatic rings. The van der Waals surface area contributed by atoms with Gasteiger partial charge in [0, 0.05) is 5.69 Å². The van der Waals surface area contributed by atoms with Crippen molar-refractivity contribution < 1.29 is 18.7 Å². The monoisotopic (exact) mass is 333 g/mol. The van der Waals surface area contributed by atoms with Crippen LogP contribution in [0.25, 0.3) is 0 Å². The van der Waals surface area contributed by atoms with Gasteiger partial charge < -0.3 is 10.1 Å². The Kier molecular flexibility index (Phi) is 6.17. The number of thioether (sulfide) groups is 1. The summed E-state index contributed by atoms with van der Waals surface area (Å²) in [5.41, 5.74) is 0.511. The molecule has 0 fully saturated rings. The molecular formula is C17H16FNO3S. The lowest BCUT2D eigenvalue weighted by Crippen LogP contribution is -2.23. The van der Waals surface area contributed by atoms with Gasteiger partial charge in [-0.25, -0.2) is 4.39 Å². The fourth-order valence-electron chi connectivity index (χ4n) is 1.69. The largest absolute Gasteiger partial charge is 0.426 e. The van der Waals surface area contributed by atoms with Crippen molar-refractivity contribution in [2.45, 2.75) is 12.2 Å². The van der Waals surface area contributed by atoms with E-state index in [4.69, 9.17) is 4.74 Å². The van der Waals surface area contributed by atoms with E-state index in [1.54, 1.807) is 31.2 Å². The van der Waals surface area contributed by atoms with Gasteiger partial charge in [0.25, 0.3) is 0 Å². The van der Waals surface area contributed by atoms with E-state index in [1.807, 2.05) is 6.07 Å². The van der Waals surface area contributed by atoms with Crippen LogP contribution in [0.2, 0.25) is 0 Å². The Labute approximate surface area is 138 Å². The zero-order valence-electron chi connectivity index (χ0n) is 12.5. The highest BCUT2D eigenvalue weighted by Gasteiger charge is 2.17. The molecule has 1 N–H and O–H groups in total. The maximum absolute atomic E-state index is 12.8. The highest BCUT2D eigenvalue weighted by molar-refractivity contribution is 8.01. The summed E-state index contributed by atoms with van der Waals surface area (Å²) in [6.45, 7) is 1.68. The Balaban J connectivity index is 1.76. The second kappa shape index (κ2) is 8.33. The number of anilines is 1. The molecule has 0 saturated carbocycles. The van der Waals surface area contributed by atoms with Gasteiger partial charge in [0.15, 0.2) is 0 Å². The number of carbonyl (C=O) groups is 2. The fraction of sp³-hybridized carbons (Fsp3) is 0.176. The van der Waals surface area contributed by atoms with Crippen molar-refractivity contribution in [2.24, 2.45) is 0 Å². The summed E-state index contributed by atoms with van der Waals surface area (Å²) >= 11 is 1.17. The first-order valence-corrected chi connectivity index (χ1v) is 8.03. The van der Waals surface area contributed by atoms with Crippen LogP contribution in [0.15, 0.2) is 54.6 Å². The predicted octanol–water partition coefficient (Wildman–Crippen LogP) is 3.49. The van der Waals surface area contributed by atoms with Gasteiger partial charge in [-0.2, -0.15) is 0 Å². The lowest BCUT2D eigenvalue weighted by molar-refractivity contribution is -0.133. The van der Waals surface area contributed by atoms with Crippen LogP contribution < -0.4 is 10.1 Å². The Bertz CT molecular complexity index is 661. The van der Waals surface area contributed by atoms with Crippen LogP contribution in [0, 0.1) is 5.82 Å². The molecule has 0 unspecified atom stereocenters. The normalized spacial score (nSPS) is 11.6. The molecule has 0 aromatic heterocycles. The summed E-state index contributed by atoms with van der Waals surface area (Å²) in [6, 6.07) is 14.2. The molecule has 0 aliphatic heterocycles. The average molecular weight is 333 g/mol. The van der Waals surface area contributed by atoms with Gasteiger partial charge in [-0.05, 0) is 43.3 Å². The number of rotatable bonds is 6.